The van der Waals surface area contributed by atoms with Crippen LogP contribution >= 0.6 is 11.6 Å². The van der Waals surface area contributed by atoms with Gasteiger partial charge in [-0.1, -0.05) is 31.9 Å². The molecule has 0 radical (unpaired) electrons. The predicted octanol–water partition coefficient (Wildman–Crippen LogP) is 2.41. The number of aliphatic hydroxyl groups is 1. The topological polar surface area (TPSA) is 86.7 Å². The molecule has 0 spiro atoms. The minimum atomic E-state index is -3.41. The quantitative estimate of drug-likeness (QED) is 0.783. The minimum Gasteiger partial charge on any atom is -0.394 e. The summed E-state index contributed by atoms with van der Waals surface area (Å²) < 4.78 is 25.9. The first-order valence-corrected chi connectivity index (χ1v) is 10.5. The molecule has 2 N–H and O–H groups in total. The molecule has 2 rings (SSSR count). The van der Waals surface area contributed by atoms with Gasteiger partial charge in [-0.3, -0.25) is 9.10 Å². The molecule has 1 saturated heterocycles. The van der Waals surface area contributed by atoms with E-state index in [1.165, 1.54) is 16.4 Å². The second kappa shape index (κ2) is 8.38. The summed E-state index contributed by atoms with van der Waals surface area (Å²) in [6.45, 7) is 4.15. The maximum absolute atomic E-state index is 12.5. The van der Waals surface area contributed by atoms with Gasteiger partial charge in [0.1, 0.15) is 0 Å². The molecule has 0 saturated carbocycles. The van der Waals surface area contributed by atoms with Crippen molar-refractivity contribution in [2.45, 2.75) is 39.2 Å². The Labute approximate surface area is 154 Å². The molecule has 0 aromatic heterocycles. The molecule has 6 nitrogen and oxygen atoms in total. The summed E-state index contributed by atoms with van der Waals surface area (Å²) in [4.78, 5) is 12.5. The van der Waals surface area contributed by atoms with Gasteiger partial charge in [0.05, 0.1) is 29.1 Å². The number of benzene rings is 1. The lowest BCUT2D eigenvalue weighted by Gasteiger charge is -2.29. The molecule has 1 aliphatic heterocycles. The van der Waals surface area contributed by atoms with E-state index in [9.17, 15) is 18.3 Å². The van der Waals surface area contributed by atoms with Crippen LogP contribution in [0.25, 0.3) is 0 Å². The van der Waals surface area contributed by atoms with Gasteiger partial charge in [-0.2, -0.15) is 0 Å². The van der Waals surface area contributed by atoms with E-state index in [2.05, 4.69) is 5.32 Å². The largest absolute Gasteiger partial charge is 0.394 e. The second-order valence-electron chi connectivity index (χ2n) is 6.41. The van der Waals surface area contributed by atoms with Crippen molar-refractivity contribution in [2.24, 2.45) is 5.92 Å². The predicted molar refractivity (Wildman–Crippen MR) is 99.6 cm³/mol. The maximum Gasteiger partial charge on any atom is 0.251 e. The van der Waals surface area contributed by atoms with Gasteiger partial charge < -0.3 is 10.4 Å². The zero-order chi connectivity index (χ0) is 18.6. The highest BCUT2D eigenvalue weighted by molar-refractivity contribution is 7.92. The molecule has 1 amide bonds. The molecule has 0 unspecified atom stereocenters. The van der Waals surface area contributed by atoms with Crippen LogP contribution in [0.15, 0.2) is 18.2 Å². The van der Waals surface area contributed by atoms with Crippen LogP contribution in [0.1, 0.15) is 43.5 Å². The maximum atomic E-state index is 12.5. The Bertz CT molecular complexity index is 723. The van der Waals surface area contributed by atoms with E-state index >= 15 is 0 Å². The monoisotopic (exact) mass is 388 g/mol. The van der Waals surface area contributed by atoms with Crippen LogP contribution < -0.4 is 9.62 Å². The summed E-state index contributed by atoms with van der Waals surface area (Å²) in [7, 11) is -3.41. The molecule has 2 atom stereocenters. The Morgan fingerprint density at radius 3 is 2.72 bits per heavy atom. The summed E-state index contributed by atoms with van der Waals surface area (Å²) in [6.07, 6.45) is 2.21. The summed E-state index contributed by atoms with van der Waals surface area (Å²) in [5.74, 6) is -0.143. The van der Waals surface area contributed by atoms with E-state index in [0.717, 1.165) is 12.8 Å². The summed E-state index contributed by atoms with van der Waals surface area (Å²) >= 11 is 6.19. The Morgan fingerprint density at radius 1 is 1.40 bits per heavy atom. The number of halogens is 1. The molecule has 1 aliphatic rings. The van der Waals surface area contributed by atoms with E-state index < -0.39 is 10.0 Å². The zero-order valence-electron chi connectivity index (χ0n) is 14.5. The number of hydrogen-bond donors (Lipinski definition) is 2. The van der Waals surface area contributed by atoms with Crippen molar-refractivity contribution in [3.8, 4) is 0 Å². The molecular weight excluding hydrogens is 364 g/mol. The van der Waals surface area contributed by atoms with Crippen molar-refractivity contribution in [2.75, 3.05) is 23.2 Å². The first kappa shape index (κ1) is 20.0. The van der Waals surface area contributed by atoms with Crippen molar-refractivity contribution in [1.82, 2.24) is 5.32 Å². The average molecular weight is 389 g/mol. The van der Waals surface area contributed by atoms with Crippen LogP contribution in [0.5, 0.6) is 0 Å². The smallest absolute Gasteiger partial charge is 0.251 e. The first-order valence-electron chi connectivity index (χ1n) is 8.51. The summed E-state index contributed by atoms with van der Waals surface area (Å²) in [5.41, 5.74) is 0.653. The molecular formula is C17H25ClN2O4S. The third-order valence-corrected chi connectivity index (χ3v) is 6.85. The minimum absolute atomic E-state index is 0.0837. The molecule has 1 heterocycles. The molecule has 1 fully saturated rings. The Kier molecular flexibility index (Phi) is 6.71. The number of rotatable bonds is 6. The number of nitrogens with one attached hydrogen (secondary N) is 1. The number of anilines is 1. The highest BCUT2D eigenvalue weighted by Crippen LogP contribution is 2.31. The number of sulfonamides is 1. The van der Waals surface area contributed by atoms with Gasteiger partial charge in [0.15, 0.2) is 0 Å². The van der Waals surface area contributed by atoms with Crippen LogP contribution in [0.4, 0.5) is 5.69 Å². The Hall–Kier alpha value is -1.31. The van der Waals surface area contributed by atoms with E-state index in [1.54, 1.807) is 6.07 Å². The molecule has 8 heteroatoms. The Morgan fingerprint density at radius 2 is 2.12 bits per heavy atom. The lowest BCUT2D eigenvalue weighted by molar-refractivity contribution is 0.0891. The zero-order valence-corrected chi connectivity index (χ0v) is 16.1. The third kappa shape index (κ3) is 4.65. The van der Waals surface area contributed by atoms with Crippen LogP contribution in [0, 0.1) is 5.92 Å². The second-order valence-corrected chi connectivity index (χ2v) is 8.83. The van der Waals surface area contributed by atoms with Crippen LogP contribution in [0.2, 0.25) is 5.02 Å². The summed E-state index contributed by atoms with van der Waals surface area (Å²) in [5, 5.41) is 12.6. The van der Waals surface area contributed by atoms with Crippen LogP contribution in [0.3, 0.4) is 0 Å². The standard InChI is InChI=1S/C17H25ClN2O4S/c1-3-12(2)15(11-21)19-17(22)13-6-7-14(18)16(10-13)20-8-4-5-9-25(20,23)24/h6-7,10,12,15,21H,3-5,8-9,11H2,1-2H3,(H,19,22)/t12-,15+/m0/s1. The van der Waals surface area contributed by atoms with Crippen molar-refractivity contribution in [3.63, 3.8) is 0 Å². The molecule has 1 aromatic carbocycles. The van der Waals surface area contributed by atoms with Crippen molar-refractivity contribution >= 4 is 33.2 Å². The number of carbonyl (C=O) groups excluding carboxylic acids is 1. The van der Waals surface area contributed by atoms with Gasteiger partial charge in [-0.15, -0.1) is 0 Å². The Balaban J connectivity index is 2.27. The first-order chi connectivity index (χ1) is 11.8. The fourth-order valence-corrected chi connectivity index (χ4v) is 4.73. The van der Waals surface area contributed by atoms with Crippen LogP contribution in [-0.2, 0) is 10.0 Å². The van der Waals surface area contributed by atoms with Gasteiger partial charge in [-0.05, 0) is 37.0 Å². The number of carbonyl (C=O) groups is 1. The fraction of sp³-hybridized carbons (Fsp3) is 0.588. The van der Waals surface area contributed by atoms with Gasteiger partial charge in [-0.25, -0.2) is 8.42 Å². The number of hydrogen-bond acceptors (Lipinski definition) is 4. The molecule has 1 aromatic rings. The average Bonchev–Trinajstić information content (AvgIpc) is 2.59. The number of aliphatic hydroxyl groups excluding tert-OH is 1. The number of nitrogens with zero attached hydrogens (tertiary/aromatic N) is 1. The van der Waals surface area contributed by atoms with Gasteiger partial charge in [0.25, 0.3) is 5.91 Å². The lowest BCUT2D eigenvalue weighted by Crippen LogP contribution is -2.42. The number of amides is 1. The van der Waals surface area contributed by atoms with E-state index in [1.807, 2.05) is 13.8 Å². The molecule has 0 aliphatic carbocycles. The molecule has 140 valence electrons. The normalized spacial score (nSPS) is 19.3. The SMILES string of the molecule is CC[C@H](C)[C@@H](CO)NC(=O)c1ccc(Cl)c(N2CCCCS2(=O)=O)c1. The lowest BCUT2D eigenvalue weighted by atomic mass is 9.99. The van der Waals surface area contributed by atoms with Gasteiger partial charge in [0, 0.05) is 12.1 Å². The molecule has 25 heavy (non-hydrogen) atoms. The van der Waals surface area contributed by atoms with Gasteiger partial charge >= 0.3 is 0 Å². The van der Waals surface area contributed by atoms with E-state index in [4.69, 9.17) is 11.6 Å². The van der Waals surface area contributed by atoms with Gasteiger partial charge in [0.2, 0.25) is 10.0 Å². The van der Waals surface area contributed by atoms with Crippen LogP contribution in [-0.4, -0.2) is 44.4 Å². The van der Waals surface area contributed by atoms with E-state index in [0.29, 0.717) is 29.2 Å². The van der Waals surface area contributed by atoms with E-state index in [-0.39, 0.29) is 30.2 Å². The highest BCUT2D eigenvalue weighted by Gasteiger charge is 2.28. The molecule has 0 bridgehead atoms. The van der Waals surface area contributed by atoms with Crippen molar-refractivity contribution in [3.05, 3.63) is 28.8 Å². The summed E-state index contributed by atoms with van der Waals surface area (Å²) in [6, 6.07) is 4.25. The van der Waals surface area contributed by atoms with Crippen molar-refractivity contribution in [1.29, 1.82) is 0 Å². The fourth-order valence-electron chi connectivity index (χ4n) is 2.81. The van der Waals surface area contributed by atoms with Crippen molar-refractivity contribution < 1.29 is 18.3 Å². The highest BCUT2D eigenvalue weighted by atomic mass is 35.5. The third-order valence-electron chi connectivity index (χ3n) is 4.67.